The van der Waals surface area contributed by atoms with Crippen molar-refractivity contribution in [3.63, 3.8) is 0 Å². The number of benzene rings is 1. The first-order valence-electron chi connectivity index (χ1n) is 8.71. The van der Waals surface area contributed by atoms with E-state index < -0.39 is 10.0 Å². The number of hydrogen-bond acceptors (Lipinski definition) is 6. The van der Waals surface area contributed by atoms with Crippen LogP contribution in [-0.4, -0.2) is 20.8 Å². The lowest BCUT2D eigenvalue weighted by Gasteiger charge is -2.13. The molecule has 0 aliphatic carbocycles. The van der Waals surface area contributed by atoms with Crippen LogP contribution in [0.15, 0.2) is 46.0 Å². The summed E-state index contributed by atoms with van der Waals surface area (Å²) in [4.78, 5) is 14.0. The van der Waals surface area contributed by atoms with Crippen LogP contribution >= 0.6 is 22.7 Å². The second-order valence-electron chi connectivity index (χ2n) is 6.25. The zero-order valence-corrected chi connectivity index (χ0v) is 18.3. The summed E-state index contributed by atoms with van der Waals surface area (Å²) in [5.41, 5.74) is 2.21. The smallest absolute Gasteiger partial charge is 0.240 e. The van der Waals surface area contributed by atoms with E-state index in [0.29, 0.717) is 17.0 Å². The van der Waals surface area contributed by atoms with Gasteiger partial charge in [0.05, 0.1) is 16.4 Å². The van der Waals surface area contributed by atoms with Crippen molar-refractivity contribution in [2.24, 2.45) is 0 Å². The normalized spacial score (nSPS) is 11.5. The fourth-order valence-electron chi connectivity index (χ4n) is 2.82. The van der Waals surface area contributed by atoms with Crippen LogP contribution in [0.25, 0.3) is 0 Å². The molecule has 2 aromatic heterocycles. The summed E-state index contributed by atoms with van der Waals surface area (Å²) >= 11 is 2.77. The molecule has 2 heterocycles. The van der Waals surface area contributed by atoms with E-state index in [1.807, 2.05) is 26.2 Å². The minimum Gasteiger partial charge on any atom is -0.493 e. The van der Waals surface area contributed by atoms with Crippen molar-refractivity contribution in [3.8, 4) is 5.75 Å². The van der Waals surface area contributed by atoms with Crippen LogP contribution in [0.1, 0.15) is 38.2 Å². The molecule has 1 N–H and O–H groups in total. The zero-order valence-electron chi connectivity index (χ0n) is 15.8. The highest BCUT2D eigenvalue weighted by molar-refractivity contribution is 7.89. The van der Waals surface area contributed by atoms with Gasteiger partial charge in [-0.2, -0.15) is 11.3 Å². The summed E-state index contributed by atoms with van der Waals surface area (Å²) in [7, 11) is -3.67. The lowest BCUT2D eigenvalue weighted by Crippen LogP contribution is -2.23. The molecule has 0 bridgehead atoms. The van der Waals surface area contributed by atoms with Crippen molar-refractivity contribution in [2.45, 2.75) is 32.2 Å². The Morgan fingerprint density at radius 1 is 1.14 bits per heavy atom. The fraction of sp³-hybridized carbons (Fsp3) is 0.250. The molecule has 3 aromatic rings. The molecule has 0 aliphatic rings. The molecule has 1 aromatic carbocycles. The van der Waals surface area contributed by atoms with Gasteiger partial charge in [-0.3, -0.25) is 4.79 Å². The number of ether oxygens (including phenoxy) is 1. The van der Waals surface area contributed by atoms with Crippen LogP contribution in [-0.2, 0) is 16.6 Å². The van der Waals surface area contributed by atoms with Crippen molar-refractivity contribution in [1.82, 2.24) is 4.72 Å². The van der Waals surface area contributed by atoms with Crippen molar-refractivity contribution in [2.75, 3.05) is 6.61 Å². The first-order valence-corrected chi connectivity index (χ1v) is 12.0. The van der Waals surface area contributed by atoms with Gasteiger partial charge in [-0.1, -0.05) is 0 Å². The number of nitrogens with one attached hydrogen (secondary N) is 1. The third-order valence-electron chi connectivity index (χ3n) is 4.14. The molecule has 0 saturated carbocycles. The Hall–Kier alpha value is -2.00. The molecule has 0 aliphatic heterocycles. The summed E-state index contributed by atoms with van der Waals surface area (Å²) in [6.45, 7) is 6.22. The highest BCUT2D eigenvalue weighted by atomic mass is 32.2. The van der Waals surface area contributed by atoms with E-state index in [1.54, 1.807) is 35.7 Å². The molecule has 148 valence electrons. The molecular weight excluding hydrogens is 414 g/mol. The second kappa shape index (κ2) is 8.57. The summed E-state index contributed by atoms with van der Waals surface area (Å²) in [6.07, 6.45) is 0. The van der Waals surface area contributed by atoms with E-state index in [0.717, 1.165) is 21.8 Å². The van der Waals surface area contributed by atoms with E-state index in [1.165, 1.54) is 22.7 Å². The standard InChI is InChI=1S/C20H21NO4S3/c1-4-25-20-13(2)9-17(10-14(20)3)28(23,24)21-11-16-5-6-18(27-16)19(22)15-7-8-26-12-15/h5-10,12,21H,4,11H2,1-3H3. The predicted molar refractivity (Wildman–Crippen MR) is 113 cm³/mol. The van der Waals surface area contributed by atoms with E-state index >= 15 is 0 Å². The van der Waals surface area contributed by atoms with E-state index in [2.05, 4.69) is 4.72 Å². The maximum Gasteiger partial charge on any atom is 0.240 e. The molecule has 5 nitrogen and oxygen atoms in total. The van der Waals surface area contributed by atoms with Crippen LogP contribution in [0.5, 0.6) is 5.75 Å². The topological polar surface area (TPSA) is 72.5 Å². The first kappa shape index (κ1) is 20.7. The Morgan fingerprint density at radius 3 is 2.46 bits per heavy atom. The van der Waals surface area contributed by atoms with Crippen molar-refractivity contribution < 1.29 is 17.9 Å². The average Bonchev–Trinajstić information content (AvgIpc) is 3.34. The molecule has 0 amide bonds. The van der Waals surface area contributed by atoms with Crippen LogP contribution in [0.2, 0.25) is 0 Å². The first-order chi connectivity index (χ1) is 13.3. The number of carbonyl (C=O) groups is 1. The number of thiophene rings is 2. The van der Waals surface area contributed by atoms with Gasteiger partial charge in [-0.25, -0.2) is 13.1 Å². The molecule has 0 spiro atoms. The Kier molecular flexibility index (Phi) is 6.34. The van der Waals surface area contributed by atoms with Gasteiger partial charge in [-0.05, 0) is 67.6 Å². The Labute approximate surface area is 173 Å². The van der Waals surface area contributed by atoms with Gasteiger partial charge in [0, 0.05) is 22.4 Å². The van der Waals surface area contributed by atoms with Crippen molar-refractivity contribution in [1.29, 1.82) is 0 Å². The Balaban J connectivity index is 1.73. The SMILES string of the molecule is CCOc1c(C)cc(S(=O)(=O)NCc2ccc(C(=O)c3ccsc3)s2)cc1C. The van der Waals surface area contributed by atoms with E-state index in [9.17, 15) is 13.2 Å². The molecule has 8 heteroatoms. The van der Waals surface area contributed by atoms with Gasteiger partial charge in [0.1, 0.15) is 5.75 Å². The van der Waals surface area contributed by atoms with Gasteiger partial charge in [0.25, 0.3) is 0 Å². The Bertz CT molecular complexity index is 1060. The Morgan fingerprint density at radius 2 is 1.86 bits per heavy atom. The highest BCUT2D eigenvalue weighted by Gasteiger charge is 2.18. The third-order valence-corrected chi connectivity index (χ3v) is 7.29. The number of rotatable bonds is 8. The summed E-state index contributed by atoms with van der Waals surface area (Å²) in [6, 6.07) is 8.52. The second-order valence-corrected chi connectivity index (χ2v) is 9.97. The van der Waals surface area contributed by atoms with Crippen molar-refractivity contribution >= 4 is 38.5 Å². The highest BCUT2D eigenvalue weighted by Crippen LogP contribution is 2.27. The minimum absolute atomic E-state index is 0.0434. The van der Waals surface area contributed by atoms with Crippen LogP contribution < -0.4 is 9.46 Å². The molecular formula is C20H21NO4S3. The lowest BCUT2D eigenvalue weighted by atomic mass is 10.1. The molecule has 3 rings (SSSR count). The number of aryl methyl sites for hydroxylation is 2. The van der Waals surface area contributed by atoms with Crippen LogP contribution in [0.3, 0.4) is 0 Å². The monoisotopic (exact) mass is 435 g/mol. The van der Waals surface area contributed by atoms with Crippen LogP contribution in [0, 0.1) is 13.8 Å². The van der Waals surface area contributed by atoms with Crippen LogP contribution in [0.4, 0.5) is 0 Å². The third kappa shape index (κ3) is 4.52. The zero-order chi connectivity index (χ0) is 20.3. The lowest BCUT2D eigenvalue weighted by molar-refractivity contribution is 0.104. The fourth-order valence-corrected chi connectivity index (χ4v) is 5.63. The minimum atomic E-state index is -3.67. The largest absolute Gasteiger partial charge is 0.493 e. The number of carbonyl (C=O) groups excluding carboxylic acids is 1. The number of ketones is 1. The summed E-state index contributed by atoms with van der Waals surface area (Å²) < 4.78 is 33.6. The molecule has 0 atom stereocenters. The maximum absolute atomic E-state index is 12.7. The molecule has 0 radical (unpaired) electrons. The molecule has 0 saturated heterocycles. The van der Waals surface area contributed by atoms with Crippen molar-refractivity contribution in [3.05, 3.63) is 67.5 Å². The summed E-state index contributed by atoms with van der Waals surface area (Å²) in [5, 5.41) is 3.66. The summed E-state index contributed by atoms with van der Waals surface area (Å²) in [5.74, 6) is 0.675. The van der Waals surface area contributed by atoms with E-state index in [4.69, 9.17) is 4.74 Å². The molecule has 0 unspecified atom stereocenters. The van der Waals surface area contributed by atoms with Gasteiger partial charge < -0.3 is 4.74 Å². The number of hydrogen-bond donors (Lipinski definition) is 1. The van der Waals surface area contributed by atoms with Gasteiger partial charge >= 0.3 is 0 Å². The maximum atomic E-state index is 12.7. The van der Waals surface area contributed by atoms with Gasteiger partial charge in [-0.15, -0.1) is 11.3 Å². The molecule has 0 fully saturated rings. The van der Waals surface area contributed by atoms with Gasteiger partial charge in [0.2, 0.25) is 15.8 Å². The van der Waals surface area contributed by atoms with Gasteiger partial charge in [0.15, 0.2) is 0 Å². The molecule has 28 heavy (non-hydrogen) atoms. The predicted octanol–water partition coefficient (Wildman–Crippen LogP) is 4.53. The van der Waals surface area contributed by atoms with E-state index in [-0.39, 0.29) is 17.2 Å². The number of sulfonamides is 1. The quantitative estimate of drug-likeness (QED) is 0.528. The average molecular weight is 436 g/mol.